The third-order valence-electron chi connectivity index (χ3n) is 10.2. The molecule has 10 aromatic rings. The number of nitrogens with one attached hydrogen (secondary N) is 1. The smallest absolute Gasteiger partial charge is 0.335 e. The molecule has 324 valence electrons. The first-order valence-corrected chi connectivity index (χ1v) is 20.7. The van der Waals surface area contributed by atoms with Crippen molar-refractivity contribution in [1.82, 2.24) is 35.6 Å². The summed E-state index contributed by atoms with van der Waals surface area (Å²) in [5, 5.41) is 24.0. The van der Waals surface area contributed by atoms with Crippen LogP contribution in [0.4, 0.5) is 11.6 Å². The minimum absolute atomic E-state index is 0.180. The lowest BCUT2D eigenvalue weighted by molar-refractivity contribution is 0.0696. The summed E-state index contributed by atoms with van der Waals surface area (Å²) in [5.74, 6) is -0.362. The molecule has 6 aromatic heterocycles. The van der Waals surface area contributed by atoms with Crippen molar-refractivity contribution >= 4 is 90.5 Å². The van der Waals surface area contributed by atoms with Gasteiger partial charge < -0.3 is 36.7 Å². The van der Waals surface area contributed by atoms with Gasteiger partial charge in [-0.3, -0.25) is 24.7 Å². The largest absolute Gasteiger partial charge is 0.478 e. The molecule has 0 spiro atoms. The monoisotopic (exact) mass is 904 g/mol. The molecule has 4 aromatic carbocycles. The Hall–Kier alpha value is -7.98. The zero-order valence-corrected chi connectivity index (χ0v) is 35.8. The predicted octanol–water partition coefficient (Wildman–Crippen LogP) is 8.97. The number of benzene rings is 4. The molecule has 17 heteroatoms. The Balaban J connectivity index is 0.000000149. The summed E-state index contributed by atoms with van der Waals surface area (Å²) in [6.45, 7) is 0.853. The zero-order chi connectivity index (χ0) is 45.5. The van der Waals surface area contributed by atoms with Crippen LogP contribution in [0.5, 0.6) is 0 Å². The second-order valence-corrected chi connectivity index (χ2v) is 15.6. The Morgan fingerprint density at radius 2 is 1.14 bits per heavy atom. The number of halogens is 2. The lowest BCUT2D eigenvalue weighted by Crippen LogP contribution is -2.23. The molecule has 0 saturated carbocycles. The van der Waals surface area contributed by atoms with Gasteiger partial charge in [-0.25, -0.2) is 4.79 Å². The number of nitrogen functional groups attached to an aromatic ring is 2. The van der Waals surface area contributed by atoms with E-state index in [0.29, 0.717) is 70.0 Å². The van der Waals surface area contributed by atoms with E-state index in [1.807, 2.05) is 84.9 Å². The normalized spacial score (nSPS) is 10.9. The van der Waals surface area contributed by atoms with Gasteiger partial charge in [0, 0.05) is 78.4 Å². The summed E-state index contributed by atoms with van der Waals surface area (Å²) < 4.78 is 10.1. The molecule has 0 radical (unpaired) electrons. The van der Waals surface area contributed by atoms with Gasteiger partial charge in [-0.1, -0.05) is 57.8 Å². The molecule has 15 nitrogen and oxygen atoms in total. The van der Waals surface area contributed by atoms with Crippen LogP contribution in [-0.4, -0.2) is 47.2 Å². The molecular formula is C48H38Cl2N10O5. The maximum Gasteiger partial charge on any atom is 0.335 e. The molecule has 0 saturated heterocycles. The predicted molar refractivity (Wildman–Crippen MR) is 250 cm³/mol. The van der Waals surface area contributed by atoms with Crippen molar-refractivity contribution in [3.05, 3.63) is 189 Å². The molecule has 0 aliphatic carbocycles. The molecule has 0 aliphatic rings. The second kappa shape index (κ2) is 19.6. The highest BCUT2D eigenvalue weighted by atomic mass is 35.5. The Bertz CT molecular complexity index is 3360. The first-order chi connectivity index (χ1) is 31.5. The third-order valence-corrected chi connectivity index (χ3v) is 10.6. The van der Waals surface area contributed by atoms with E-state index in [4.69, 9.17) is 54.6 Å². The number of hydrogen-bond donors (Lipinski definition) is 5. The summed E-state index contributed by atoms with van der Waals surface area (Å²) in [6, 6.07) is 33.3. The van der Waals surface area contributed by atoms with Crippen LogP contribution in [0.2, 0.25) is 10.0 Å². The van der Waals surface area contributed by atoms with Crippen LogP contribution in [0.1, 0.15) is 54.4 Å². The molecule has 8 N–H and O–H groups in total. The average Bonchev–Trinajstić information content (AvgIpc) is 3.88. The van der Waals surface area contributed by atoms with Crippen LogP contribution in [0.15, 0.2) is 143 Å². The molecule has 65 heavy (non-hydrogen) atoms. The van der Waals surface area contributed by atoms with Gasteiger partial charge in [-0.15, -0.1) is 0 Å². The van der Waals surface area contributed by atoms with Gasteiger partial charge in [-0.05, 0) is 107 Å². The molecule has 0 aliphatic heterocycles. The number of fused-ring (bicyclic) bond motifs is 4. The number of aromatic carboxylic acids is 1. The van der Waals surface area contributed by atoms with E-state index >= 15 is 0 Å². The Kier molecular flexibility index (Phi) is 13.2. The number of hydrogen-bond acceptors (Lipinski definition) is 13. The molecule has 0 bridgehead atoms. The summed E-state index contributed by atoms with van der Waals surface area (Å²) in [7, 11) is 0. The molecule has 0 atom stereocenters. The van der Waals surface area contributed by atoms with Crippen LogP contribution in [0, 0.1) is 0 Å². The second-order valence-electron chi connectivity index (χ2n) is 14.8. The van der Waals surface area contributed by atoms with Gasteiger partial charge in [0.25, 0.3) is 5.91 Å². The number of rotatable bonds is 9. The number of anilines is 2. The zero-order valence-electron chi connectivity index (χ0n) is 34.3. The molecule has 1 amide bonds. The number of carbonyl (C=O) groups is 2. The topological polar surface area (TPSA) is 248 Å². The highest BCUT2D eigenvalue weighted by molar-refractivity contribution is 6.31. The van der Waals surface area contributed by atoms with Crippen molar-refractivity contribution in [1.29, 1.82) is 0 Å². The number of carbonyl (C=O) groups excluding carboxylic acids is 1. The number of pyridine rings is 4. The number of aromatic nitrogens is 6. The highest BCUT2D eigenvalue weighted by Gasteiger charge is 2.11. The van der Waals surface area contributed by atoms with Crippen molar-refractivity contribution < 1.29 is 23.7 Å². The Labute approximate surface area is 380 Å². The van der Waals surface area contributed by atoms with Crippen molar-refractivity contribution in [2.75, 3.05) is 11.5 Å². The molecule has 0 unspecified atom stereocenters. The third kappa shape index (κ3) is 10.8. The minimum atomic E-state index is -0.951. The fraction of sp³-hybridized carbons (Fsp3) is 0.0833. The highest BCUT2D eigenvalue weighted by Crippen LogP contribution is 2.24. The number of amides is 1. The first-order valence-electron chi connectivity index (χ1n) is 20.0. The van der Waals surface area contributed by atoms with Crippen LogP contribution in [-0.2, 0) is 25.9 Å². The van der Waals surface area contributed by atoms with Crippen LogP contribution >= 0.6 is 23.2 Å². The van der Waals surface area contributed by atoms with E-state index in [9.17, 15) is 9.59 Å². The van der Waals surface area contributed by atoms with E-state index in [-0.39, 0.29) is 11.5 Å². The number of carboxylic acid groups (broad SMARTS) is 1. The van der Waals surface area contributed by atoms with E-state index in [2.05, 4.69) is 35.6 Å². The average molecular weight is 906 g/mol. The Morgan fingerprint density at radius 3 is 1.75 bits per heavy atom. The van der Waals surface area contributed by atoms with Crippen molar-refractivity contribution in [3.63, 3.8) is 0 Å². The SMILES string of the molecule is NCc1ccc2onc(N)c2c1.Nc1noc2cc(CNC(=O)c3ccnc(Cc4ccc5ncc(Cl)cc5c4)c3)ccc12.O=C(O)c1ccnc(Cc2ccc3ncc(Cl)cc3c2)c1. The maximum atomic E-state index is 12.7. The molecule has 0 fully saturated rings. The van der Waals surface area contributed by atoms with E-state index in [1.165, 1.54) is 12.3 Å². The van der Waals surface area contributed by atoms with Gasteiger partial charge in [0.1, 0.15) is 0 Å². The van der Waals surface area contributed by atoms with Crippen molar-refractivity contribution in [2.45, 2.75) is 25.9 Å². The Morgan fingerprint density at radius 1 is 0.585 bits per heavy atom. The number of nitrogens with two attached hydrogens (primary N) is 3. The van der Waals surface area contributed by atoms with Crippen LogP contribution in [0.3, 0.4) is 0 Å². The van der Waals surface area contributed by atoms with Gasteiger partial charge >= 0.3 is 5.97 Å². The fourth-order valence-corrected chi connectivity index (χ4v) is 7.23. The van der Waals surface area contributed by atoms with Crippen molar-refractivity contribution in [2.24, 2.45) is 5.73 Å². The first kappa shape index (κ1) is 43.7. The number of carboxylic acids is 1. The standard InChI is InChI=1S/C24H18ClN5O2.C16H11ClN2O2.C8H9N3O/c25-18-10-17-7-14(2-4-21(17)28-13-18)8-19-11-16(5-6-27-19)24(31)29-12-15-1-3-20-22(9-15)32-30-23(20)26;17-13-7-12-5-10(1-2-15(12)19-9-13)6-14-8-11(16(20)21)3-4-18-14;9-4-5-1-2-7-6(3-5)8(10)11-12-7/h1-7,9-11,13H,8,12H2,(H2,26,30)(H,29,31);1-5,7-9H,6H2,(H,20,21);1-3H,4,9H2,(H2,10,11). The molecular weight excluding hydrogens is 867 g/mol. The van der Waals surface area contributed by atoms with Gasteiger partial charge in [-0.2, -0.15) is 0 Å². The van der Waals surface area contributed by atoms with Crippen molar-refractivity contribution in [3.8, 4) is 0 Å². The van der Waals surface area contributed by atoms with E-state index < -0.39 is 5.97 Å². The molecule has 6 heterocycles. The van der Waals surface area contributed by atoms with Crippen LogP contribution < -0.4 is 22.5 Å². The van der Waals surface area contributed by atoms with Gasteiger partial charge in [0.05, 0.1) is 37.4 Å². The summed E-state index contributed by atoms with van der Waals surface area (Å²) in [5.41, 5.74) is 26.1. The van der Waals surface area contributed by atoms with E-state index in [1.54, 1.807) is 36.8 Å². The van der Waals surface area contributed by atoms with Crippen LogP contribution in [0.25, 0.3) is 43.7 Å². The summed E-state index contributed by atoms with van der Waals surface area (Å²) >= 11 is 12.0. The quantitative estimate of drug-likeness (QED) is 0.0907. The summed E-state index contributed by atoms with van der Waals surface area (Å²) in [6.07, 6.45) is 7.55. The lowest BCUT2D eigenvalue weighted by Gasteiger charge is -2.08. The number of nitrogens with zero attached hydrogens (tertiary/aromatic N) is 6. The summed E-state index contributed by atoms with van der Waals surface area (Å²) in [4.78, 5) is 40.8. The molecule has 10 rings (SSSR count). The van der Waals surface area contributed by atoms with Gasteiger partial charge in [0.15, 0.2) is 22.8 Å². The lowest BCUT2D eigenvalue weighted by atomic mass is 10.0. The van der Waals surface area contributed by atoms with E-state index in [0.717, 1.165) is 60.5 Å². The van der Waals surface area contributed by atoms with Gasteiger partial charge in [0.2, 0.25) is 0 Å². The minimum Gasteiger partial charge on any atom is -0.478 e. The maximum absolute atomic E-state index is 12.7. The fourth-order valence-electron chi connectivity index (χ4n) is 6.90.